The molecule has 0 fully saturated rings. The van der Waals surface area contributed by atoms with Gasteiger partial charge in [0.15, 0.2) is 0 Å². The van der Waals surface area contributed by atoms with Crippen LogP contribution in [-0.2, 0) is 21.2 Å². The highest BCUT2D eigenvalue weighted by Gasteiger charge is 2.28. The van der Waals surface area contributed by atoms with Gasteiger partial charge in [-0.25, -0.2) is 8.42 Å². The van der Waals surface area contributed by atoms with Crippen LogP contribution in [0.15, 0.2) is 23.1 Å². The molecule has 6 nitrogen and oxygen atoms in total. The third kappa shape index (κ3) is 3.25. The smallest absolute Gasteiger partial charge is 0.243 e. The van der Waals surface area contributed by atoms with Crippen molar-refractivity contribution in [2.24, 2.45) is 0 Å². The summed E-state index contributed by atoms with van der Waals surface area (Å²) in [5.74, 6) is -0.124. The zero-order chi connectivity index (χ0) is 15.6. The quantitative estimate of drug-likeness (QED) is 0.819. The van der Waals surface area contributed by atoms with E-state index in [4.69, 9.17) is 5.11 Å². The number of nitrogens with one attached hydrogen (secondary N) is 1. The first kappa shape index (κ1) is 15.9. The molecule has 0 radical (unpaired) electrons. The highest BCUT2D eigenvalue weighted by molar-refractivity contribution is 7.89. The van der Waals surface area contributed by atoms with Crippen LogP contribution in [0.25, 0.3) is 0 Å². The number of aliphatic hydroxyl groups excluding tert-OH is 1. The highest BCUT2D eigenvalue weighted by atomic mass is 32.2. The molecule has 2 N–H and O–H groups in total. The Balaban J connectivity index is 2.34. The number of nitrogens with zero attached hydrogens (tertiary/aromatic N) is 1. The first-order valence-electron chi connectivity index (χ1n) is 6.91. The van der Waals surface area contributed by atoms with Gasteiger partial charge in [0.2, 0.25) is 15.9 Å². The fraction of sp³-hybridized carbons (Fsp3) is 0.500. The minimum Gasteiger partial charge on any atom is -0.396 e. The van der Waals surface area contributed by atoms with Gasteiger partial charge in [0.05, 0.1) is 11.3 Å². The van der Waals surface area contributed by atoms with Gasteiger partial charge in [-0.15, -0.1) is 0 Å². The number of anilines is 1. The lowest BCUT2D eigenvalue weighted by atomic mass is 10.2. The number of hydrogen-bond acceptors (Lipinski definition) is 4. The molecule has 0 atom stereocenters. The first-order chi connectivity index (χ1) is 9.86. The predicted octanol–water partition coefficient (Wildman–Crippen LogP) is 0.963. The van der Waals surface area contributed by atoms with Gasteiger partial charge in [0, 0.05) is 24.9 Å². The van der Waals surface area contributed by atoms with E-state index in [2.05, 4.69) is 5.32 Å². The van der Waals surface area contributed by atoms with Crippen molar-refractivity contribution in [3.8, 4) is 0 Å². The molecule has 116 valence electrons. The maximum atomic E-state index is 12.7. The molecule has 1 aliphatic rings. The Morgan fingerprint density at radius 1 is 1.38 bits per heavy atom. The molecule has 1 heterocycles. The summed E-state index contributed by atoms with van der Waals surface area (Å²) in [6.07, 6.45) is 0.597. The Bertz CT molecular complexity index is 640. The van der Waals surface area contributed by atoms with E-state index in [1.54, 1.807) is 26.0 Å². The van der Waals surface area contributed by atoms with Crippen LogP contribution in [0.4, 0.5) is 5.69 Å². The standard InChI is InChI=1S/C14H20N2O4S/c1-10(2)16(6-3-7-17)21(19,20)12-4-5-13-11(8-12)9-14(18)15-13/h4-5,8,10,17H,3,6-7,9H2,1-2H3,(H,15,18). The maximum Gasteiger partial charge on any atom is 0.243 e. The molecule has 0 bridgehead atoms. The van der Waals surface area contributed by atoms with Crippen LogP contribution in [0.1, 0.15) is 25.8 Å². The SMILES string of the molecule is CC(C)N(CCCO)S(=O)(=O)c1ccc2c(c1)CC(=O)N2. The van der Waals surface area contributed by atoms with E-state index in [1.807, 2.05) is 0 Å². The van der Waals surface area contributed by atoms with Crippen molar-refractivity contribution < 1.29 is 18.3 Å². The molecule has 0 spiro atoms. The van der Waals surface area contributed by atoms with Gasteiger partial charge in [-0.05, 0) is 44.0 Å². The Kier molecular flexibility index (Phi) is 4.65. The van der Waals surface area contributed by atoms with Crippen molar-refractivity contribution in [2.75, 3.05) is 18.5 Å². The van der Waals surface area contributed by atoms with Gasteiger partial charge in [-0.2, -0.15) is 4.31 Å². The van der Waals surface area contributed by atoms with Crippen LogP contribution in [0.5, 0.6) is 0 Å². The molecule has 0 aliphatic carbocycles. The summed E-state index contributed by atoms with van der Waals surface area (Å²) in [6, 6.07) is 4.48. The van der Waals surface area contributed by atoms with Crippen molar-refractivity contribution in [1.29, 1.82) is 0 Å². The van der Waals surface area contributed by atoms with Crippen LogP contribution in [0.3, 0.4) is 0 Å². The van der Waals surface area contributed by atoms with Gasteiger partial charge < -0.3 is 10.4 Å². The summed E-state index contributed by atoms with van der Waals surface area (Å²) in [4.78, 5) is 11.5. The topological polar surface area (TPSA) is 86.7 Å². The normalized spacial score (nSPS) is 14.6. The monoisotopic (exact) mass is 312 g/mol. The number of carbonyl (C=O) groups excluding carboxylic acids is 1. The van der Waals surface area contributed by atoms with Gasteiger partial charge in [-0.1, -0.05) is 0 Å². The minimum absolute atomic E-state index is 0.0542. The number of rotatable bonds is 6. The fourth-order valence-corrected chi connectivity index (χ4v) is 4.11. The van der Waals surface area contributed by atoms with E-state index < -0.39 is 10.0 Å². The number of fused-ring (bicyclic) bond motifs is 1. The van der Waals surface area contributed by atoms with E-state index in [0.717, 1.165) is 0 Å². The lowest BCUT2D eigenvalue weighted by Crippen LogP contribution is -2.38. The van der Waals surface area contributed by atoms with E-state index in [1.165, 1.54) is 10.4 Å². The Morgan fingerprint density at radius 3 is 2.71 bits per heavy atom. The van der Waals surface area contributed by atoms with Gasteiger partial charge in [0.1, 0.15) is 0 Å². The van der Waals surface area contributed by atoms with Crippen LogP contribution >= 0.6 is 0 Å². The summed E-state index contributed by atoms with van der Waals surface area (Å²) in [5, 5.41) is 11.6. The van der Waals surface area contributed by atoms with E-state index in [0.29, 0.717) is 17.7 Å². The third-order valence-corrected chi connectivity index (χ3v) is 5.49. The van der Waals surface area contributed by atoms with Gasteiger partial charge in [0.25, 0.3) is 0 Å². The largest absolute Gasteiger partial charge is 0.396 e. The number of sulfonamides is 1. The molecule has 1 amide bonds. The number of carbonyl (C=O) groups is 1. The van der Waals surface area contributed by atoms with Crippen LogP contribution < -0.4 is 5.32 Å². The Morgan fingerprint density at radius 2 is 2.10 bits per heavy atom. The summed E-state index contributed by atoms with van der Waals surface area (Å²) in [5.41, 5.74) is 1.37. The second kappa shape index (κ2) is 6.13. The average Bonchev–Trinajstić information content (AvgIpc) is 2.77. The predicted molar refractivity (Wildman–Crippen MR) is 79.5 cm³/mol. The number of amides is 1. The second-order valence-electron chi connectivity index (χ2n) is 5.33. The molecule has 2 rings (SSSR count). The molecule has 1 aromatic carbocycles. The molecular weight excluding hydrogens is 292 g/mol. The van der Waals surface area contributed by atoms with Crippen molar-refractivity contribution in [3.63, 3.8) is 0 Å². The zero-order valence-electron chi connectivity index (χ0n) is 12.2. The molecule has 0 saturated heterocycles. The maximum absolute atomic E-state index is 12.7. The minimum atomic E-state index is -3.63. The highest BCUT2D eigenvalue weighted by Crippen LogP contribution is 2.28. The van der Waals surface area contributed by atoms with Crippen LogP contribution in [-0.4, -0.2) is 42.9 Å². The summed E-state index contributed by atoms with van der Waals surface area (Å²) < 4.78 is 26.8. The molecular formula is C14H20N2O4S. The number of benzene rings is 1. The van der Waals surface area contributed by atoms with E-state index in [-0.39, 0.29) is 36.4 Å². The van der Waals surface area contributed by atoms with E-state index in [9.17, 15) is 13.2 Å². The van der Waals surface area contributed by atoms with Crippen LogP contribution in [0, 0.1) is 0 Å². The van der Waals surface area contributed by atoms with Crippen LogP contribution in [0.2, 0.25) is 0 Å². The summed E-state index contributed by atoms with van der Waals surface area (Å²) in [7, 11) is -3.63. The lowest BCUT2D eigenvalue weighted by Gasteiger charge is -2.25. The molecule has 1 aliphatic heterocycles. The Hall–Kier alpha value is -1.44. The molecule has 7 heteroatoms. The summed E-state index contributed by atoms with van der Waals surface area (Å²) in [6.45, 7) is 3.81. The molecule has 0 unspecified atom stereocenters. The lowest BCUT2D eigenvalue weighted by molar-refractivity contribution is -0.115. The van der Waals surface area contributed by atoms with Crippen molar-refractivity contribution in [3.05, 3.63) is 23.8 Å². The third-order valence-electron chi connectivity index (χ3n) is 3.42. The summed E-state index contributed by atoms with van der Waals surface area (Å²) >= 11 is 0. The molecule has 0 saturated carbocycles. The molecule has 1 aromatic rings. The fourth-order valence-electron chi connectivity index (χ4n) is 2.38. The number of aliphatic hydroxyl groups is 1. The molecule has 21 heavy (non-hydrogen) atoms. The van der Waals surface area contributed by atoms with Gasteiger partial charge in [-0.3, -0.25) is 4.79 Å². The average molecular weight is 312 g/mol. The second-order valence-corrected chi connectivity index (χ2v) is 7.22. The zero-order valence-corrected chi connectivity index (χ0v) is 13.0. The van der Waals surface area contributed by atoms with Crippen molar-refractivity contribution in [2.45, 2.75) is 37.6 Å². The number of hydrogen-bond donors (Lipinski definition) is 2. The van der Waals surface area contributed by atoms with E-state index >= 15 is 0 Å². The first-order valence-corrected chi connectivity index (χ1v) is 8.35. The van der Waals surface area contributed by atoms with Crippen molar-refractivity contribution >= 4 is 21.6 Å². The van der Waals surface area contributed by atoms with Crippen molar-refractivity contribution in [1.82, 2.24) is 4.31 Å². The molecule has 0 aromatic heterocycles. The Labute approximate surface area is 124 Å². The van der Waals surface area contributed by atoms with Gasteiger partial charge >= 0.3 is 0 Å².